The smallest absolute Gasteiger partial charge is 0.212 e. The van der Waals surface area contributed by atoms with Crippen molar-refractivity contribution < 1.29 is 8.42 Å². The molecule has 0 aromatic rings. The van der Waals surface area contributed by atoms with Crippen LogP contribution in [0.15, 0.2) is 0 Å². The van der Waals surface area contributed by atoms with Crippen molar-refractivity contribution in [3.63, 3.8) is 0 Å². The Morgan fingerprint density at radius 2 is 1.92 bits per heavy atom. The van der Waals surface area contributed by atoms with Gasteiger partial charge in [0.15, 0.2) is 0 Å². The Morgan fingerprint density at radius 3 is 2.54 bits per heavy atom. The van der Waals surface area contributed by atoms with Crippen molar-refractivity contribution in [2.24, 2.45) is 17.8 Å². The number of hydrogen-bond acceptors (Lipinski definition) is 2. The van der Waals surface area contributed by atoms with E-state index in [1.165, 1.54) is 25.7 Å². The molecule has 13 heavy (non-hydrogen) atoms. The van der Waals surface area contributed by atoms with Crippen molar-refractivity contribution in [3.8, 4) is 0 Å². The monoisotopic (exact) mass is 222 g/mol. The van der Waals surface area contributed by atoms with Gasteiger partial charge in [0.2, 0.25) is 9.05 Å². The third kappa shape index (κ3) is 2.18. The maximum atomic E-state index is 10.9. The largest absolute Gasteiger partial charge is 0.232 e. The van der Waals surface area contributed by atoms with Crippen LogP contribution in [0, 0.1) is 17.8 Å². The Labute approximate surface area is 84.1 Å². The summed E-state index contributed by atoms with van der Waals surface area (Å²) in [6.07, 6.45) is 6.24. The Balaban J connectivity index is 1.91. The van der Waals surface area contributed by atoms with Crippen LogP contribution in [-0.4, -0.2) is 14.2 Å². The second kappa shape index (κ2) is 3.43. The Kier molecular flexibility index (Phi) is 2.58. The van der Waals surface area contributed by atoms with E-state index >= 15 is 0 Å². The molecule has 2 aliphatic carbocycles. The zero-order chi connectivity index (χ0) is 9.47. The highest BCUT2D eigenvalue weighted by atomic mass is 35.7. The van der Waals surface area contributed by atoms with E-state index in [0.29, 0.717) is 11.8 Å². The zero-order valence-corrected chi connectivity index (χ0v) is 9.15. The summed E-state index contributed by atoms with van der Waals surface area (Å²) in [5.41, 5.74) is 0. The average molecular weight is 223 g/mol. The summed E-state index contributed by atoms with van der Waals surface area (Å²) in [6, 6.07) is 0. The van der Waals surface area contributed by atoms with E-state index in [2.05, 4.69) is 0 Å². The minimum Gasteiger partial charge on any atom is -0.212 e. The molecule has 0 saturated heterocycles. The fourth-order valence-electron chi connectivity index (χ4n) is 2.96. The van der Waals surface area contributed by atoms with E-state index in [1.807, 2.05) is 0 Å². The summed E-state index contributed by atoms with van der Waals surface area (Å²) in [7, 11) is 1.98. The summed E-state index contributed by atoms with van der Waals surface area (Å²) in [5, 5.41) is 0. The molecular weight excluding hydrogens is 208 g/mol. The van der Waals surface area contributed by atoms with Gasteiger partial charge in [0.05, 0.1) is 5.75 Å². The molecule has 4 heteroatoms. The molecule has 2 rings (SSSR count). The molecule has 3 unspecified atom stereocenters. The summed E-state index contributed by atoms with van der Waals surface area (Å²) in [6.45, 7) is 0. The standard InChI is InChI=1S/C9H15ClO2S/c10-13(11,12)6-8-5-7-3-1-2-4-9(7)8/h7-9H,1-6H2. The minimum absolute atomic E-state index is 0.204. The van der Waals surface area contributed by atoms with Gasteiger partial charge in [-0.15, -0.1) is 0 Å². The van der Waals surface area contributed by atoms with Gasteiger partial charge < -0.3 is 0 Å². The first-order valence-electron chi connectivity index (χ1n) is 4.98. The molecular formula is C9H15ClO2S. The van der Waals surface area contributed by atoms with Crippen LogP contribution in [0.4, 0.5) is 0 Å². The molecule has 2 nitrogen and oxygen atoms in total. The molecule has 3 atom stereocenters. The quantitative estimate of drug-likeness (QED) is 0.673. The van der Waals surface area contributed by atoms with Gasteiger partial charge in [-0.3, -0.25) is 0 Å². The lowest BCUT2D eigenvalue weighted by atomic mass is 9.59. The molecule has 0 heterocycles. The number of halogens is 1. The summed E-state index contributed by atoms with van der Waals surface area (Å²) in [4.78, 5) is 0. The predicted octanol–water partition coefficient (Wildman–Crippen LogP) is 2.38. The van der Waals surface area contributed by atoms with Crippen molar-refractivity contribution >= 4 is 19.7 Å². The average Bonchev–Trinajstić information content (AvgIpc) is 1.99. The molecule has 2 fully saturated rings. The van der Waals surface area contributed by atoms with Crippen molar-refractivity contribution in [2.45, 2.75) is 32.1 Å². The van der Waals surface area contributed by atoms with Crippen LogP contribution < -0.4 is 0 Å². The van der Waals surface area contributed by atoms with Gasteiger partial charge in [0, 0.05) is 10.7 Å². The molecule has 0 spiro atoms. The van der Waals surface area contributed by atoms with Crippen molar-refractivity contribution in [1.29, 1.82) is 0 Å². The summed E-state index contributed by atoms with van der Waals surface area (Å²) < 4.78 is 21.7. The molecule has 0 aliphatic heterocycles. The van der Waals surface area contributed by atoms with E-state index in [-0.39, 0.29) is 5.75 Å². The second-order valence-electron chi connectivity index (χ2n) is 4.41. The van der Waals surface area contributed by atoms with Gasteiger partial charge in [0.1, 0.15) is 0 Å². The van der Waals surface area contributed by atoms with Crippen LogP contribution in [0.2, 0.25) is 0 Å². The first-order valence-corrected chi connectivity index (χ1v) is 7.46. The number of fused-ring (bicyclic) bond motifs is 1. The van der Waals surface area contributed by atoms with Crippen molar-refractivity contribution in [3.05, 3.63) is 0 Å². The highest BCUT2D eigenvalue weighted by Gasteiger charge is 2.43. The molecule has 0 radical (unpaired) electrons. The van der Waals surface area contributed by atoms with Crippen LogP contribution in [0.25, 0.3) is 0 Å². The molecule has 0 aromatic carbocycles. The van der Waals surface area contributed by atoms with Crippen molar-refractivity contribution in [1.82, 2.24) is 0 Å². The Hall–Kier alpha value is 0.240. The molecule has 2 aliphatic rings. The van der Waals surface area contributed by atoms with Gasteiger partial charge in [0.25, 0.3) is 0 Å². The summed E-state index contributed by atoms with van der Waals surface area (Å²) >= 11 is 0. The number of rotatable bonds is 2. The second-order valence-corrected chi connectivity index (χ2v) is 7.23. The van der Waals surface area contributed by atoms with E-state index in [9.17, 15) is 8.42 Å². The van der Waals surface area contributed by atoms with Crippen molar-refractivity contribution in [2.75, 3.05) is 5.75 Å². The van der Waals surface area contributed by atoms with Gasteiger partial charge >= 0.3 is 0 Å². The topological polar surface area (TPSA) is 34.1 Å². The minimum atomic E-state index is -3.26. The third-order valence-electron chi connectivity index (χ3n) is 3.59. The molecule has 76 valence electrons. The maximum Gasteiger partial charge on any atom is 0.232 e. The normalized spacial score (nSPS) is 39.3. The molecule has 0 aromatic heterocycles. The third-order valence-corrected chi connectivity index (χ3v) is 4.80. The van der Waals surface area contributed by atoms with Gasteiger partial charge in [-0.25, -0.2) is 8.42 Å². The zero-order valence-electron chi connectivity index (χ0n) is 7.58. The SMILES string of the molecule is O=S(=O)(Cl)CC1CC2CCCCC21. The maximum absolute atomic E-state index is 10.9. The molecule has 2 saturated carbocycles. The molecule has 0 bridgehead atoms. The fourth-order valence-corrected chi connectivity index (χ4v) is 4.34. The van der Waals surface area contributed by atoms with Gasteiger partial charge in [-0.05, 0) is 30.6 Å². The van der Waals surface area contributed by atoms with Crippen LogP contribution in [-0.2, 0) is 9.05 Å². The van der Waals surface area contributed by atoms with Gasteiger partial charge in [-0.1, -0.05) is 19.3 Å². The van der Waals surface area contributed by atoms with E-state index in [1.54, 1.807) is 0 Å². The van der Waals surface area contributed by atoms with E-state index in [4.69, 9.17) is 10.7 Å². The van der Waals surface area contributed by atoms with Crippen LogP contribution >= 0.6 is 10.7 Å². The Morgan fingerprint density at radius 1 is 1.23 bits per heavy atom. The fraction of sp³-hybridized carbons (Fsp3) is 1.00. The van der Waals surface area contributed by atoms with E-state index in [0.717, 1.165) is 12.3 Å². The van der Waals surface area contributed by atoms with Crippen LogP contribution in [0.3, 0.4) is 0 Å². The van der Waals surface area contributed by atoms with E-state index < -0.39 is 9.05 Å². The highest BCUT2D eigenvalue weighted by Crippen LogP contribution is 2.49. The lowest BCUT2D eigenvalue weighted by Gasteiger charge is -2.47. The first kappa shape index (κ1) is 9.78. The lowest BCUT2D eigenvalue weighted by Crippen LogP contribution is -2.41. The molecule has 0 amide bonds. The lowest BCUT2D eigenvalue weighted by molar-refractivity contribution is 0.0443. The Bertz CT molecular complexity index is 286. The van der Waals surface area contributed by atoms with Gasteiger partial charge in [-0.2, -0.15) is 0 Å². The predicted molar refractivity (Wildman–Crippen MR) is 53.2 cm³/mol. The number of hydrogen-bond donors (Lipinski definition) is 0. The highest BCUT2D eigenvalue weighted by molar-refractivity contribution is 8.13. The summed E-state index contributed by atoms with van der Waals surface area (Å²) in [5.74, 6) is 2.06. The first-order chi connectivity index (χ1) is 6.06. The molecule has 0 N–H and O–H groups in total. The van der Waals surface area contributed by atoms with Crippen LogP contribution in [0.5, 0.6) is 0 Å². The van der Waals surface area contributed by atoms with Crippen LogP contribution in [0.1, 0.15) is 32.1 Å².